The smallest absolute Gasteiger partial charge is 0.140 e. The van der Waals surface area contributed by atoms with Gasteiger partial charge >= 0.3 is 0 Å². The maximum absolute atomic E-state index is 5.86. The van der Waals surface area contributed by atoms with Crippen molar-refractivity contribution in [2.75, 3.05) is 7.05 Å². The lowest BCUT2D eigenvalue weighted by Gasteiger charge is -2.08. The van der Waals surface area contributed by atoms with E-state index in [1.165, 1.54) is 10.3 Å². The van der Waals surface area contributed by atoms with Crippen LogP contribution in [0.3, 0.4) is 0 Å². The molecular formula is C16H15BrN2OS. The number of fused-ring (bicyclic) bond motifs is 1. The molecule has 0 bridgehead atoms. The first-order valence-corrected chi connectivity index (χ1v) is 8.27. The standard InChI is InChI=1S/C16H15BrN2OS/c1-18-9-11-8-12(6-7-13(11)17)20-10-16-19-14-4-2-3-5-15(14)21-16/h2-8,18H,9-10H2,1H3. The lowest BCUT2D eigenvalue weighted by molar-refractivity contribution is 0.305. The lowest BCUT2D eigenvalue weighted by atomic mass is 10.2. The molecule has 108 valence electrons. The topological polar surface area (TPSA) is 34.1 Å². The van der Waals surface area contributed by atoms with Gasteiger partial charge in [-0.05, 0) is 42.9 Å². The van der Waals surface area contributed by atoms with Gasteiger partial charge in [0.05, 0.1) is 10.2 Å². The van der Waals surface area contributed by atoms with Gasteiger partial charge in [-0.1, -0.05) is 28.1 Å². The van der Waals surface area contributed by atoms with Crippen LogP contribution in [-0.2, 0) is 13.2 Å². The quantitative estimate of drug-likeness (QED) is 0.732. The third-order valence-electron chi connectivity index (χ3n) is 3.08. The molecule has 0 aliphatic carbocycles. The van der Waals surface area contributed by atoms with E-state index in [-0.39, 0.29) is 0 Å². The molecule has 5 heteroatoms. The normalized spacial score (nSPS) is 11.0. The van der Waals surface area contributed by atoms with Crippen molar-refractivity contribution < 1.29 is 4.74 Å². The summed E-state index contributed by atoms with van der Waals surface area (Å²) in [6.45, 7) is 1.30. The summed E-state index contributed by atoms with van der Waals surface area (Å²) in [5, 5.41) is 4.14. The number of aromatic nitrogens is 1. The highest BCUT2D eigenvalue weighted by Crippen LogP contribution is 2.25. The zero-order valence-corrected chi connectivity index (χ0v) is 14.0. The van der Waals surface area contributed by atoms with Crippen molar-refractivity contribution in [2.45, 2.75) is 13.2 Å². The summed E-state index contributed by atoms with van der Waals surface area (Å²) in [5.41, 5.74) is 2.21. The Hall–Kier alpha value is -1.43. The van der Waals surface area contributed by atoms with E-state index in [0.717, 1.165) is 27.3 Å². The highest BCUT2D eigenvalue weighted by atomic mass is 79.9. The van der Waals surface area contributed by atoms with Crippen LogP contribution in [0.2, 0.25) is 0 Å². The van der Waals surface area contributed by atoms with Crippen molar-refractivity contribution in [3.63, 3.8) is 0 Å². The van der Waals surface area contributed by atoms with Crippen LogP contribution < -0.4 is 10.1 Å². The number of thiazole rings is 1. The Morgan fingerprint density at radius 2 is 2.10 bits per heavy atom. The van der Waals surface area contributed by atoms with Crippen LogP contribution in [0.15, 0.2) is 46.9 Å². The van der Waals surface area contributed by atoms with Crippen molar-refractivity contribution >= 4 is 37.5 Å². The van der Waals surface area contributed by atoms with Gasteiger partial charge in [0.25, 0.3) is 0 Å². The summed E-state index contributed by atoms with van der Waals surface area (Å²) < 4.78 is 8.15. The van der Waals surface area contributed by atoms with E-state index in [2.05, 4.69) is 32.3 Å². The zero-order valence-electron chi connectivity index (χ0n) is 11.6. The molecule has 2 aromatic carbocycles. The van der Waals surface area contributed by atoms with Crippen molar-refractivity contribution in [1.82, 2.24) is 10.3 Å². The molecule has 0 aliphatic heterocycles. The zero-order chi connectivity index (χ0) is 14.7. The monoisotopic (exact) mass is 362 g/mol. The van der Waals surface area contributed by atoms with Gasteiger partial charge in [0.2, 0.25) is 0 Å². The van der Waals surface area contributed by atoms with Gasteiger partial charge in [0.15, 0.2) is 0 Å². The number of para-hydroxylation sites is 1. The number of rotatable bonds is 5. The number of nitrogens with one attached hydrogen (secondary N) is 1. The Kier molecular flexibility index (Phi) is 4.53. The molecule has 1 aromatic heterocycles. The average molecular weight is 363 g/mol. The van der Waals surface area contributed by atoms with E-state index in [4.69, 9.17) is 4.74 Å². The van der Waals surface area contributed by atoms with Gasteiger partial charge in [-0.3, -0.25) is 0 Å². The second-order valence-electron chi connectivity index (χ2n) is 4.65. The van der Waals surface area contributed by atoms with Crippen LogP contribution in [0.4, 0.5) is 0 Å². The number of hydrogen-bond donors (Lipinski definition) is 1. The molecule has 0 aliphatic rings. The first-order valence-electron chi connectivity index (χ1n) is 6.66. The average Bonchev–Trinajstić information content (AvgIpc) is 2.91. The first kappa shape index (κ1) is 14.5. The Morgan fingerprint density at radius 1 is 1.24 bits per heavy atom. The van der Waals surface area contributed by atoms with E-state index in [1.807, 2.05) is 43.4 Å². The molecule has 0 fully saturated rings. The fourth-order valence-corrected chi connectivity index (χ4v) is 3.36. The minimum atomic E-state index is 0.500. The van der Waals surface area contributed by atoms with Crippen LogP contribution in [0.5, 0.6) is 5.75 Å². The molecular weight excluding hydrogens is 348 g/mol. The molecule has 21 heavy (non-hydrogen) atoms. The molecule has 0 spiro atoms. The molecule has 0 saturated heterocycles. The molecule has 0 unspecified atom stereocenters. The Morgan fingerprint density at radius 3 is 2.90 bits per heavy atom. The van der Waals surface area contributed by atoms with E-state index < -0.39 is 0 Å². The van der Waals surface area contributed by atoms with Crippen molar-refractivity contribution in [3.8, 4) is 5.75 Å². The fraction of sp³-hybridized carbons (Fsp3) is 0.188. The number of hydrogen-bond acceptors (Lipinski definition) is 4. The van der Waals surface area contributed by atoms with Crippen LogP contribution in [-0.4, -0.2) is 12.0 Å². The van der Waals surface area contributed by atoms with Crippen molar-refractivity contribution in [1.29, 1.82) is 0 Å². The van der Waals surface area contributed by atoms with Gasteiger partial charge in [-0.15, -0.1) is 11.3 Å². The molecule has 1 N–H and O–H groups in total. The van der Waals surface area contributed by atoms with Crippen LogP contribution in [0, 0.1) is 0 Å². The second-order valence-corrected chi connectivity index (χ2v) is 6.62. The van der Waals surface area contributed by atoms with Gasteiger partial charge in [0.1, 0.15) is 17.4 Å². The van der Waals surface area contributed by atoms with E-state index in [1.54, 1.807) is 11.3 Å². The Labute approximate surface area is 136 Å². The van der Waals surface area contributed by atoms with Gasteiger partial charge in [0, 0.05) is 11.0 Å². The summed E-state index contributed by atoms with van der Waals surface area (Å²) in [4.78, 5) is 4.58. The highest BCUT2D eigenvalue weighted by Gasteiger charge is 2.06. The maximum Gasteiger partial charge on any atom is 0.140 e. The van der Waals surface area contributed by atoms with Crippen molar-refractivity contribution in [3.05, 3.63) is 57.5 Å². The maximum atomic E-state index is 5.86. The Balaban J connectivity index is 1.73. The summed E-state index contributed by atoms with van der Waals surface area (Å²) in [5.74, 6) is 0.864. The molecule has 3 nitrogen and oxygen atoms in total. The highest BCUT2D eigenvalue weighted by molar-refractivity contribution is 9.10. The molecule has 3 aromatic rings. The third kappa shape index (κ3) is 3.43. The Bertz CT molecular complexity index is 724. The molecule has 0 amide bonds. The summed E-state index contributed by atoms with van der Waals surface area (Å²) in [7, 11) is 1.93. The summed E-state index contributed by atoms with van der Waals surface area (Å²) in [6, 6.07) is 14.2. The van der Waals surface area contributed by atoms with Gasteiger partial charge < -0.3 is 10.1 Å². The van der Waals surface area contributed by atoms with E-state index in [0.29, 0.717) is 6.61 Å². The molecule has 3 rings (SSSR count). The summed E-state index contributed by atoms with van der Waals surface area (Å²) in [6.07, 6.45) is 0. The van der Waals surface area contributed by atoms with Crippen LogP contribution in [0.1, 0.15) is 10.6 Å². The molecule has 1 heterocycles. The van der Waals surface area contributed by atoms with E-state index >= 15 is 0 Å². The minimum absolute atomic E-state index is 0.500. The molecule has 0 saturated carbocycles. The predicted octanol–water partition coefficient (Wildman–Crippen LogP) is 4.36. The predicted molar refractivity (Wildman–Crippen MR) is 90.9 cm³/mol. The van der Waals surface area contributed by atoms with Crippen LogP contribution in [0.25, 0.3) is 10.2 Å². The number of benzene rings is 2. The van der Waals surface area contributed by atoms with Gasteiger partial charge in [-0.25, -0.2) is 4.98 Å². The largest absolute Gasteiger partial charge is 0.486 e. The fourth-order valence-electron chi connectivity index (χ4n) is 2.09. The third-order valence-corrected chi connectivity index (χ3v) is 4.87. The minimum Gasteiger partial charge on any atom is -0.486 e. The summed E-state index contributed by atoms with van der Waals surface area (Å²) >= 11 is 5.22. The first-order chi connectivity index (χ1) is 10.3. The van der Waals surface area contributed by atoms with Gasteiger partial charge in [-0.2, -0.15) is 0 Å². The lowest BCUT2D eigenvalue weighted by Crippen LogP contribution is -2.06. The second kappa shape index (κ2) is 6.56. The number of nitrogens with zero attached hydrogens (tertiary/aromatic N) is 1. The SMILES string of the molecule is CNCc1cc(OCc2nc3ccccc3s2)ccc1Br. The van der Waals surface area contributed by atoms with E-state index in [9.17, 15) is 0 Å². The van der Waals surface area contributed by atoms with Crippen LogP contribution >= 0.6 is 27.3 Å². The molecule has 0 atom stereocenters. The number of halogens is 1. The van der Waals surface area contributed by atoms with Crippen molar-refractivity contribution in [2.24, 2.45) is 0 Å². The number of ether oxygens (including phenoxy) is 1. The molecule has 0 radical (unpaired) electrons.